The lowest BCUT2D eigenvalue weighted by molar-refractivity contribution is 0.0967. The summed E-state index contributed by atoms with van der Waals surface area (Å²) in [6, 6.07) is 1.39. The van der Waals surface area contributed by atoms with E-state index in [1.54, 1.807) is 0 Å². The quantitative estimate of drug-likeness (QED) is 0.690. The predicted molar refractivity (Wildman–Crippen MR) is 83.3 cm³/mol. The lowest BCUT2D eigenvalue weighted by Crippen LogP contribution is -2.19. The molecule has 1 aliphatic rings. The van der Waals surface area contributed by atoms with Gasteiger partial charge in [0.15, 0.2) is 10.9 Å². The molecule has 0 spiro atoms. The molecule has 2 aromatic rings. The van der Waals surface area contributed by atoms with E-state index in [0.717, 1.165) is 23.5 Å². The van der Waals surface area contributed by atoms with Crippen LogP contribution < -0.4 is 16.0 Å². The number of urea groups is 1. The molecule has 4 N–H and O–H groups in total. The Morgan fingerprint density at radius 1 is 1.41 bits per heavy atom. The zero-order chi connectivity index (χ0) is 15.7. The van der Waals surface area contributed by atoms with E-state index in [9.17, 15) is 9.59 Å². The lowest BCUT2D eigenvalue weighted by atomic mass is 10.2. The molecule has 0 aromatic carbocycles. The van der Waals surface area contributed by atoms with Crippen LogP contribution in [0.15, 0.2) is 12.3 Å². The van der Waals surface area contributed by atoms with Gasteiger partial charge in [-0.2, -0.15) is 5.10 Å². The molecule has 2 aromatic heterocycles. The molecule has 0 bridgehead atoms. The first kappa shape index (κ1) is 14.5. The molecule has 2 atom stereocenters. The molecule has 2 unspecified atom stereocenters. The van der Waals surface area contributed by atoms with Crippen LogP contribution in [0.4, 0.5) is 15.7 Å². The molecule has 0 radical (unpaired) electrons. The third-order valence-electron chi connectivity index (χ3n) is 3.53. The average molecular weight is 320 g/mol. The molecule has 1 fully saturated rings. The Morgan fingerprint density at radius 3 is 2.86 bits per heavy atom. The number of carbonyl (C=O) groups is 2. The number of aromatic nitrogens is 3. The van der Waals surface area contributed by atoms with Crippen LogP contribution >= 0.6 is 11.3 Å². The number of aromatic amines is 1. The first-order valence-electron chi connectivity index (χ1n) is 6.88. The van der Waals surface area contributed by atoms with E-state index in [0.29, 0.717) is 27.7 Å². The maximum absolute atomic E-state index is 11.9. The van der Waals surface area contributed by atoms with Gasteiger partial charge in [-0.05, 0) is 12.3 Å². The average Bonchev–Trinajstić information content (AvgIpc) is 2.92. The zero-order valence-electron chi connectivity index (χ0n) is 12.1. The molecule has 3 rings (SSSR count). The topological polar surface area (TPSA) is 112 Å². The van der Waals surface area contributed by atoms with Gasteiger partial charge in [0.1, 0.15) is 4.88 Å². The van der Waals surface area contributed by atoms with Crippen LogP contribution in [0.5, 0.6) is 0 Å². The van der Waals surface area contributed by atoms with Crippen molar-refractivity contribution in [2.24, 2.45) is 5.92 Å². The van der Waals surface area contributed by atoms with E-state index >= 15 is 0 Å². The molecule has 116 valence electrons. The number of H-pyrrole nitrogens is 1. The Hall–Kier alpha value is -2.42. The molecule has 3 amide bonds. The molecule has 22 heavy (non-hydrogen) atoms. The second-order valence-electron chi connectivity index (χ2n) is 5.22. The molecular formula is C13H16N6O2S. The van der Waals surface area contributed by atoms with Crippen LogP contribution in [0.25, 0.3) is 0 Å². The van der Waals surface area contributed by atoms with Gasteiger partial charge in [0.25, 0.3) is 5.91 Å². The van der Waals surface area contributed by atoms with Crippen molar-refractivity contribution in [3.05, 3.63) is 22.8 Å². The number of amides is 3. The monoisotopic (exact) mass is 320 g/mol. The summed E-state index contributed by atoms with van der Waals surface area (Å²) >= 11 is 1.10. The molecule has 2 heterocycles. The molecular weight excluding hydrogens is 304 g/mol. The molecule has 1 aliphatic carbocycles. The van der Waals surface area contributed by atoms with Gasteiger partial charge in [0.2, 0.25) is 0 Å². The van der Waals surface area contributed by atoms with Crippen LogP contribution in [-0.4, -0.2) is 34.2 Å². The zero-order valence-corrected chi connectivity index (χ0v) is 13.0. The third-order valence-corrected chi connectivity index (χ3v) is 4.44. The van der Waals surface area contributed by atoms with Crippen molar-refractivity contribution in [2.75, 3.05) is 17.7 Å². The maximum atomic E-state index is 11.9. The highest BCUT2D eigenvalue weighted by Gasteiger charge is 2.35. The summed E-state index contributed by atoms with van der Waals surface area (Å²) in [6.45, 7) is 2.18. The van der Waals surface area contributed by atoms with Gasteiger partial charge >= 0.3 is 6.03 Å². The number of carbonyl (C=O) groups excluding carboxylic acids is 2. The number of nitrogens with one attached hydrogen (secondary N) is 4. The fourth-order valence-electron chi connectivity index (χ4n) is 2.15. The van der Waals surface area contributed by atoms with E-state index in [1.165, 1.54) is 13.2 Å². The molecule has 1 saturated carbocycles. The maximum Gasteiger partial charge on any atom is 0.326 e. The summed E-state index contributed by atoms with van der Waals surface area (Å²) in [6.07, 6.45) is 2.56. The standard InChI is InChI=1S/C13H16N6O2S/c1-6-3-7(6)8-4-10(19-18-8)16-12(21)17-13-15-5-9(22-13)11(20)14-2/h4-7H,3H2,1-2H3,(H,14,20)(H3,15,16,17,18,19,21). The van der Waals surface area contributed by atoms with E-state index in [-0.39, 0.29) is 5.91 Å². The summed E-state index contributed by atoms with van der Waals surface area (Å²) < 4.78 is 0. The minimum Gasteiger partial charge on any atom is -0.354 e. The molecule has 8 nitrogen and oxygen atoms in total. The van der Waals surface area contributed by atoms with Crippen molar-refractivity contribution in [2.45, 2.75) is 19.3 Å². The highest BCUT2D eigenvalue weighted by molar-refractivity contribution is 7.17. The van der Waals surface area contributed by atoms with Crippen LogP contribution in [0.3, 0.4) is 0 Å². The Morgan fingerprint density at radius 2 is 2.18 bits per heavy atom. The summed E-state index contributed by atoms with van der Waals surface area (Å²) in [5.74, 6) is 1.41. The number of rotatable bonds is 4. The van der Waals surface area contributed by atoms with Crippen LogP contribution in [0.1, 0.15) is 34.6 Å². The van der Waals surface area contributed by atoms with Crippen molar-refractivity contribution < 1.29 is 9.59 Å². The normalized spacial score (nSPS) is 19.5. The van der Waals surface area contributed by atoms with E-state index in [1.807, 2.05) is 6.07 Å². The Balaban J connectivity index is 1.57. The van der Waals surface area contributed by atoms with Gasteiger partial charge in [-0.25, -0.2) is 9.78 Å². The molecule has 9 heteroatoms. The number of nitrogens with zero attached hydrogens (tertiary/aromatic N) is 2. The fourth-order valence-corrected chi connectivity index (χ4v) is 2.91. The SMILES string of the molecule is CNC(=O)c1cnc(NC(=O)Nc2cc(C3CC3C)[nH]n2)s1. The van der Waals surface area contributed by atoms with Crippen LogP contribution in [0, 0.1) is 5.92 Å². The third kappa shape index (κ3) is 3.08. The van der Waals surface area contributed by atoms with Gasteiger partial charge in [0, 0.05) is 24.7 Å². The number of hydrogen-bond donors (Lipinski definition) is 4. The number of anilines is 2. The molecule has 0 saturated heterocycles. The largest absolute Gasteiger partial charge is 0.354 e. The molecule has 0 aliphatic heterocycles. The minimum atomic E-state index is -0.445. The predicted octanol–water partition coefficient (Wildman–Crippen LogP) is 1.99. The second kappa shape index (κ2) is 5.76. The smallest absolute Gasteiger partial charge is 0.326 e. The van der Waals surface area contributed by atoms with Crippen molar-refractivity contribution >= 4 is 34.2 Å². The Labute approximate surface area is 130 Å². The fraction of sp³-hybridized carbons (Fsp3) is 0.385. The summed E-state index contributed by atoms with van der Waals surface area (Å²) in [5.41, 5.74) is 1.04. The summed E-state index contributed by atoms with van der Waals surface area (Å²) in [7, 11) is 1.54. The Kier molecular flexibility index (Phi) is 3.80. The number of thiazole rings is 1. The first-order chi connectivity index (χ1) is 10.6. The van der Waals surface area contributed by atoms with Crippen LogP contribution in [-0.2, 0) is 0 Å². The summed E-state index contributed by atoms with van der Waals surface area (Å²) in [4.78, 5) is 27.7. The van der Waals surface area contributed by atoms with E-state index in [2.05, 4.69) is 38.1 Å². The van der Waals surface area contributed by atoms with Crippen LogP contribution in [0.2, 0.25) is 0 Å². The van der Waals surface area contributed by atoms with Gasteiger partial charge in [0.05, 0.1) is 6.20 Å². The minimum absolute atomic E-state index is 0.235. The van der Waals surface area contributed by atoms with Crippen molar-refractivity contribution in [1.82, 2.24) is 20.5 Å². The lowest BCUT2D eigenvalue weighted by Gasteiger charge is -2.01. The van der Waals surface area contributed by atoms with Gasteiger partial charge in [-0.3, -0.25) is 20.5 Å². The summed E-state index contributed by atoms with van der Waals surface area (Å²) in [5, 5.41) is 15.1. The van der Waals surface area contributed by atoms with Crippen molar-refractivity contribution in [3.8, 4) is 0 Å². The second-order valence-corrected chi connectivity index (χ2v) is 6.25. The highest BCUT2D eigenvalue weighted by Crippen LogP contribution is 2.46. The highest BCUT2D eigenvalue weighted by atomic mass is 32.1. The van der Waals surface area contributed by atoms with Crippen molar-refractivity contribution in [3.63, 3.8) is 0 Å². The first-order valence-corrected chi connectivity index (χ1v) is 7.69. The van der Waals surface area contributed by atoms with E-state index in [4.69, 9.17) is 0 Å². The van der Waals surface area contributed by atoms with Gasteiger partial charge in [-0.1, -0.05) is 18.3 Å². The van der Waals surface area contributed by atoms with E-state index < -0.39 is 6.03 Å². The number of hydrogen-bond acceptors (Lipinski definition) is 5. The van der Waals surface area contributed by atoms with Gasteiger partial charge in [-0.15, -0.1) is 0 Å². The van der Waals surface area contributed by atoms with Crippen molar-refractivity contribution in [1.29, 1.82) is 0 Å². The Bertz CT molecular complexity index is 709. The van der Waals surface area contributed by atoms with Gasteiger partial charge < -0.3 is 5.32 Å².